The Kier molecular flexibility index (Phi) is 5.33. The molecule has 1 aromatic carbocycles. The fourth-order valence-electron chi connectivity index (χ4n) is 2.49. The first-order chi connectivity index (χ1) is 11.2. The molecule has 0 fully saturated rings. The quantitative estimate of drug-likeness (QED) is 0.848. The zero-order valence-corrected chi connectivity index (χ0v) is 14.3. The Hall–Kier alpha value is -2.28. The number of aromatic nitrogens is 3. The monoisotopic (exact) mass is 334 g/mol. The molecule has 130 valence electrons. The number of carbonyl (C=O) groups excluding carboxylic acids is 1. The van der Waals surface area contributed by atoms with E-state index in [0.29, 0.717) is 12.2 Å². The Morgan fingerprint density at radius 3 is 2.54 bits per heavy atom. The molecule has 0 saturated carbocycles. The Morgan fingerprint density at radius 2 is 1.96 bits per heavy atom. The third-order valence-corrected chi connectivity index (χ3v) is 3.95. The number of nitrogens with zero attached hydrogens (tertiary/aromatic N) is 3. The summed E-state index contributed by atoms with van der Waals surface area (Å²) in [6.45, 7) is 7.97. The predicted octanol–water partition coefficient (Wildman–Crippen LogP) is 2.18. The largest absolute Gasteiger partial charge is 0.392 e. The number of hydrogen-bond donors (Lipinski definition) is 2. The van der Waals surface area contributed by atoms with Crippen molar-refractivity contribution in [2.45, 2.75) is 33.8 Å². The van der Waals surface area contributed by atoms with Crippen molar-refractivity contribution in [1.82, 2.24) is 20.3 Å². The predicted molar refractivity (Wildman–Crippen MR) is 88.3 cm³/mol. The molecule has 1 unspecified atom stereocenters. The number of aliphatic hydroxyl groups is 1. The van der Waals surface area contributed by atoms with Crippen LogP contribution in [-0.4, -0.2) is 38.7 Å². The Balaban J connectivity index is 2.02. The van der Waals surface area contributed by atoms with Crippen molar-refractivity contribution >= 4 is 5.91 Å². The van der Waals surface area contributed by atoms with E-state index >= 15 is 0 Å². The minimum absolute atomic E-state index is 0.0938. The van der Waals surface area contributed by atoms with Gasteiger partial charge in [-0.05, 0) is 30.2 Å². The van der Waals surface area contributed by atoms with Gasteiger partial charge in [0.05, 0.1) is 18.0 Å². The second-order valence-electron chi connectivity index (χ2n) is 6.88. The topological polar surface area (TPSA) is 80.0 Å². The molecule has 24 heavy (non-hydrogen) atoms. The lowest BCUT2D eigenvalue weighted by atomic mass is 9.80. The van der Waals surface area contributed by atoms with E-state index in [0.717, 1.165) is 0 Å². The third kappa shape index (κ3) is 4.17. The molecule has 2 N–H and O–H groups in total. The second-order valence-corrected chi connectivity index (χ2v) is 6.88. The van der Waals surface area contributed by atoms with Crippen LogP contribution >= 0.6 is 0 Å². The maximum atomic E-state index is 12.9. The lowest BCUT2D eigenvalue weighted by Crippen LogP contribution is -2.43. The summed E-state index contributed by atoms with van der Waals surface area (Å²) in [4.78, 5) is 12.2. The lowest BCUT2D eigenvalue weighted by Gasteiger charge is -2.33. The number of hydrogen-bond acceptors (Lipinski definition) is 4. The van der Waals surface area contributed by atoms with Crippen molar-refractivity contribution in [3.05, 3.63) is 42.0 Å². The van der Waals surface area contributed by atoms with Gasteiger partial charge in [0.2, 0.25) is 0 Å². The van der Waals surface area contributed by atoms with E-state index in [-0.39, 0.29) is 23.3 Å². The molecule has 0 spiro atoms. The van der Waals surface area contributed by atoms with Gasteiger partial charge in [0.1, 0.15) is 5.82 Å². The van der Waals surface area contributed by atoms with Crippen LogP contribution in [0.5, 0.6) is 0 Å². The summed E-state index contributed by atoms with van der Waals surface area (Å²) >= 11 is 0. The molecule has 0 saturated heterocycles. The zero-order chi connectivity index (χ0) is 17.9. The summed E-state index contributed by atoms with van der Waals surface area (Å²) < 4.78 is 14.3. The van der Waals surface area contributed by atoms with Crippen molar-refractivity contribution < 1.29 is 14.3 Å². The number of nitrogens with one attached hydrogen (secondary N) is 1. The van der Waals surface area contributed by atoms with Gasteiger partial charge >= 0.3 is 0 Å². The number of benzene rings is 1. The van der Waals surface area contributed by atoms with Crippen LogP contribution in [0.4, 0.5) is 4.39 Å². The molecule has 6 nitrogen and oxygen atoms in total. The summed E-state index contributed by atoms with van der Waals surface area (Å²) in [5.74, 6) is -0.619. The van der Waals surface area contributed by atoms with Gasteiger partial charge < -0.3 is 10.4 Å². The number of carbonyl (C=O) groups is 1. The van der Waals surface area contributed by atoms with E-state index in [1.54, 1.807) is 12.1 Å². The lowest BCUT2D eigenvalue weighted by molar-refractivity contribution is 0.0138. The van der Waals surface area contributed by atoms with Crippen LogP contribution in [0.2, 0.25) is 0 Å². The van der Waals surface area contributed by atoms with Crippen molar-refractivity contribution in [1.29, 1.82) is 0 Å². The standard InChI is InChI=1S/C17H23FN4O2/c1-11(2)15(23)17(3,4)10-19-16(24)14-9-22(21-20-14)13-7-5-12(18)6-8-13/h5-9,11,15,23H,10H2,1-4H3,(H,19,24). The van der Waals surface area contributed by atoms with Gasteiger partial charge in [-0.25, -0.2) is 9.07 Å². The molecule has 0 aliphatic heterocycles. The fraction of sp³-hybridized carbons (Fsp3) is 0.471. The Labute approximate surface area is 140 Å². The minimum Gasteiger partial charge on any atom is -0.392 e. The van der Waals surface area contributed by atoms with Gasteiger partial charge in [-0.2, -0.15) is 0 Å². The van der Waals surface area contributed by atoms with Crippen molar-refractivity contribution in [3.63, 3.8) is 0 Å². The highest BCUT2D eigenvalue weighted by molar-refractivity contribution is 5.91. The highest BCUT2D eigenvalue weighted by Crippen LogP contribution is 2.25. The molecule has 1 amide bonds. The summed E-state index contributed by atoms with van der Waals surface area (Å²) in [5, 5.41) is 20.7. The first-order valence-electron chi connectivity index (χ1n) is 7.85. The van der Waals surface area contributed by atoms with E-state index in [4.69, 9.17) is 0 Å². The van der Waals surface area contributed by atoms with Gasteiger partial charge in [-0.3, -0.25) is 4.79 Å². The van der Waals surface area contributed by atoms with E-state index < -0.39 is 11.5 Å². The highest BCUT2D eigenvalue weighted by Gasteiger charge is 2.30. The summed E-state index contributed by atoms with van der Waals surface area (Å²) in [7, 11) is 0. The van der Waals surface area contributed by atoms with Gasteiger partial charge in [-0.15, -0.1) is 5.10 Å². The van der Waals surface area contributed by atoms with Crippen LogP contribution in [0.3, 0.4) is 0 Å². The molecular weight excluding hydrogens is 311 g/mol. The average Bonchev–Trinajstić information content (AvgIpc) is 3.02. The zero-order valence-electron chi connectivity index (χ0n) is 14.3. The summed E-state index contributed by atoms with van der Waals surface area (Å²) in [6, 6.07) is 5.72. The number of aliphatic hydroxyl groups excluding tert-OH is 1. The van der Waals surface area contributed by atoms with Crippen molar-refractivity contribution in [2.75, 3.05) is 6.54 Å². The van der Waals surface area contributed by atoms with E-state index in [2.05, 4.69) is 15.6 Å². The first-order valence-corrected chi connectivity index (χ1v) is 7.85. The molecule has 1 aromatic heterocycles. The van der Waals surface area contributed by atoms with Crippen LogP contribution < -0.4 is 5.32 Å². The molecule has 2 rings (SSSR count). The SMILES string of the molecule is CC(C)C(O)C(C)(C)CNC(=O)c1cn(-c2ccc(F)cc2)nn1. The van der Waals surface area contributed by atoms with Crippen LogP contribution in [0.15, 0.2) is 30.5 Å². The second kappa shape index (κ2) is 7.09. The maximum Gasteiger partial charge on any atom is 0.273 e. The van der Waals surface area contributed by atoms with Gasteiger partial charge in [0, 0.05) is 12.0 Å². The molecular formula is C17H23FN4O2. The van der Waals surface area contributed by atoms with Crippen molar-refractivity contribution in [2.24, 2.45) is 11.3 Å². The van der Waals surface area contributed by atoms with Gasteiger partial charge in [0.15, 0.2) is 5.69 Å². The molecule has 2 aromatic rings. The summed E-state index contributed by atoms with van der Waals surface area (Å²) in [5.41, 5.74) is 0.309. The summed E-state index contributed by atoms with van der Waals surface area (Å²) in [6.07, 6.45) is 0.946. The smallest absolute Gasteiger partial charge is 0.273 e. The molecule has 1 heterocycles. The van der Waals surface area contributed by atoms with E-state index in [1.807, 2.05) is 27.7 Å². The highest BCUT2D eigenvalue weighted by atomic mass is 19.1. The van der Waals surface area contributed by atoms with Crippen LogP contribution in [0.25, 0.3) is 5.69 Å². The average molecular weight is 334 g/mol. The van der Waals surface area contributed by atoms with E-state index in [9.17, 15) is 14.3 Å². The molecule has 7 heteroatoms. The van der Waals surface area contributed by atoms with E-state index in [1.165, 1.54) is 23.0 Å². The molecule has 0 aliphatic rings. The normalized spacial score (nSPS) is 13.1. The van der Waals surface area contributed by atoms with Gasteiger partial charge in [0.25, 0.3) is 5.91 Å². The Bertz CT molecular complexity index is 695. The Morgan fingerprint density at radius 1 is 1.33 bits per heavy atom. The number of amides is 1. The minimum atomic E-state index is -0.535. The number of halogens is 1. The first kappa shape index (κ1) is 18.1. The van der Waals surface area contributed by atoms with Crippen LogP contribution in [0, 0.1) is 17.2 Å². The molecule has 0 aliphatic carbocycles. The third-order valence-electron chi connectivity index (χ3n) is 3.95. The molecule has 1 atom stereocenters. The van der Waals surface area contributed by atoms with Gasteiger partial charge in [-0.1, -0.05) is 32.9 Å². The fourth-order valence-corrected chi connectivity index (χ4v) is 2.49. The van der Waals surface area contributed by atoms with Crippen LogP contribution in [0.1, 0.15) is 38.2 Å². The maximum absolute atomic E-state index is 12.9. The molecule has 0 bridgehead atoms. The van der Waals surface area contributed by atoms with Crippen LogP contribution in [-0.2, 0) is 0 Å². The van der Waals surface area contributed by atoms with Crippen molar-refractivity contribution in [3.8, 4) is 5.69 Å². The molecule has 0 radical (unpaired) electrons. The number of rotatable bonds is 6.